The van der Waals surface area contributed by atoms with Crippen LogP contribution in [-0.4, -0.2) is 17.3 Å². The van der Waals surface area contributed by atoms with E-state index in [-0.39, 0.29) is 17.0 Å². The first kappa shape index (κ1) is 11.6. The highest BCUT2D eigenvalue weighted by molar-refractivity contribution is 5.93. The molecule has 2 aromatic rings. The third kappa shape index (κ3) is 1.89. The zero-order valence-electron chi connectivity index (χ0n) is 9.40. The number of nitrogens with one attached hydrogen (secondary N) is 2. The van der Waals surface area contributed by atoms with Gasteiger partial charge in [-0.3, -0.25) is 4.79 Å². The van der Waals surface area contributed by atoms with E-state index in [2.05, 4.69) is 4.98 Å². The molecule has 1 heterocycles. The summed E-state index contributed by atoms with van der Waals surface area (Å²) < 4.78 is 5.03. The Balaban J connectivity index is 2.94. The first-order valence-electron chi connectivity index (χ1n) is 4.98. The topological polar surface area (TPSA) is 89.8 Å². The molecule has 0 radical (unpaired) electrons. The number of rotatable bonds is 2. The Labute approximate surface area is 96.6 Å². The van der Waals surface area contributed by atoms with E-state index in [1.54, 1.807) is 13.0 Å². The molecule has 1 aromatic carbocycles. The third-order valence-electron chi connectivity index (χ3n) is 2.60. The second kappa shape index (κ2) is 4.17. The quantitative estimate of drug-likeness (QED) is 0.652. The molecule has 6 nitrogen and oxygen atoms in total. The molecule has 6 heteroatoms. The molecule has 0 aliphatic carbocycles. The maximum Gasteiger partial charge on any atom is 0.248 e. The molecule has 90 valence electrons. The van der Waals surface area contributed by atoms with Crippen LogP contribution in [-0.2, 0) is 0 Å². The zero-order valence-corrected chi connectivity index (χ0v) is 9.40. The molecule has 0 bridgehead atoms. The minimum atomic E-state index is -1.08. The van der Waals surface area contributed by atoms with Crippen LogP contribution in [0.2, 0.25) is 0 Å². The Bertz CT molecular complexity index is 619. The van der Waals surface area contributed by atoms with Crippen molar-refractivity contribution in [1.29, 1.82) is 0 Å². The van der Waals surface area contributed by atoms with Gasteiger partial charge in [0.05, 0.1) is 18.0 Å². The monoisotopic (exact) mass is 236 g/mol. The highest BCUT2D eigenvalue weighted by Crippen LogP contribution is 2.30. The summed E-state index contributed by atoms with van der Waals surface area (Å²) >= 11 is 0. The number of fused-ring (bicyclic) bond motifs is 1. The van der Waals surface area contributed by atoms with Crippen molar-refractivity contribution in [3.8, 4) is 5.75 Å². The van der Waals surface area contributed by atoms with Crippen molar-refractivity contribution in [1.82, 2.24) is 4.98 Å². The predicted molar refractivity (Wildman–Crippen MR) is 61.6 cm³/mol. The summed E-state index contributed by atoms with van der Waals surface area (Å²) in [5.41, 5.74) is 0.920. The van der Waals surface area contributed by atoms with Crippen molar-refractivity contribution in [3.05, 3.63) is 39.3 Å². The van der Waals surface area contributed by atoms with Gasteiger partial charge in [0.1, 0.15) is 0 Å². The van der Waals surface area contributed by atoms with Gasteiger partial charge >= 0.3 is 0 Å². The van der Waals surface area contributed by atoms with Crippen LogP contribution in [0, 0.1) is 12.1 Å². The molecule has 0 fully saturated rings. The van der Waals surface area contributed by atoms with Crippen molar-refractivity contribution in [2.75, 3.05) is 7.11 Å². The Morgan fingerprint density at radius 2 is 2.18 bits per heavy atom. The van der Waals surface area contributed by atoms with Crippen molar-refractivity contribution in [3.63, 3.8) is 0 Å². The largest absolute Gasteiger partial charge is 0.595 e. The molecule has 0 saturated heterocycles. The second-order valence-corrected chi connectivity index (χ2v) is 3.69. The average molecular weight is 236 g/mol. The fourth-order valence-electron chi connectivity index (χ4n) is 1.92. The summed E-state index contributed by atoms with van der Waals surface area (Å²) in [6.07, 6.45) is 0. The van der Waals surface area contributed by atoms with Gasteiger partial charge in [-0.05, 0) is 24.6 Å². The maximum atomic E-state index is 11.3. The van der Waals surface area contributed by atoms with Crippen LogP contribution in [0.25, 0.3) is 10.9 Å². The van der Waals surface area contributed by atoms with Crippen LogP contribution in [0.3, 0.4) is 0 Å². The Kier molecular flexibility index (Phi) is 2.84. The fourth-order valence-corrected chi connectivity index (χ4v) is 1.92. The Hall–Kier alpha value is -1.89. The summed E-state index contributed by atoms with van der Waals surface area (Å²) in [6.45, 7) is 1.70. The molecule has 0 aliphatic heterocycles. The molecule has 0 saturated carbocycles. The lowest BCUT2D eigenvalue weighted by molar-refractivity contribution is -0.990. The summed E-state index contributed by atoms with van der Waals surface area (Å²) in [6, 6.07) is 4.53. The van der Waals surface area contributed by atoms with Gasteiger partial charge in [-0.2, -0.15) is 5.23 Å². The molecule has 3 N–H and O–H groups in total. The van der Waals surface area contributed by atoms with Crippen LogP contribution in [0.1, 0.15) is 5.56 Å². The van der Waals surface area contributed by atoms with E-state index in [0.29, 0.717) is 16.5 Å². The van der Waals surface area contributed by atoms with Gasteiger partial charge in [0.15, 0.2) is 5.75 Å². The first-order chi connectivity index (χ1) is 8.04. The lowest BCUT2D eigenvalue weighted by Gasteiger charge is -2.17. The summed E-state index contributed by atoms with van der Waals surface area (Å²) in [4.78, 5) is 13.9. The number of ether oxygens (including phenoxy) is 1. The highest BCUT2D eigenvalue weighted by atomic mass is 16.8. The minimum absolute atomic E-state index is 0.0683. The third-order valence-corrected chi connectivity index (χ3v) is 2.60. The number of H-pyrrole nitrogens is 1. The van der Waals surface area contributed by atoms with Gasteiger partial charge in [-0.25, -0.2) is 5.21 Å². The van der Waals surface area contributed by atoms with E-state index < -0.39 is 5.23 Å². The number of aromatic nitrogens is 1. The number of aryl methyl sites for hydroxylation is 1. The van der Waals surface area contributed by atoms with Crippen LogP contribution >= 0.6 is 0 Å². The van der Waals surface area contributed by atoms with Crippen molar-refractivity contribution in [2.24, 2.45) is 0 Å². The van der Waals surface area contributed by atoms with E-state index >= 15 is 0 Å². The van der Waals surface area contributed by atoms with Gasteiger partial charge in [0.25, 0.3) is 0 Å². The Morgan fingerprint density at radius 1 is 1.47 bits per heavy atom. The van der Waals surface area contributed by atoms with Crippen molar-refractivity contribution in [2.45, 2.75) is 6.92 Å². The van der Waals surface area contributed by atoms with Gasteiger partial charge in [-0.15, -0.1) is 0 Å². The number of aromatic amines is 1. The molecule has 17 heavy (non-hydrogen) atoms. The van der Waals surface area contributed by atoms with E-state index in [0.717, 1.165) is 0 Å². The molecular weight excluding hydrogens is 224 g/mol. The number of hydrogen-bond acceptors (Lipinski definition) is 4. The molecular formula is C11H12N2O4. The number of benzene rings is 1. The predicted octanol–water partition coefficient (Wildman–Crippen LogP) is 0.249. The SMILES string of the molecule is COc1ccc2[nH]c(=O)cc(C)c2c1[NH+]([O-])O. The van der Waals surface area contributed by atoms with Crippen LogP contribution < -0.4 is 15.5 Å². The van der Waals surface area contributed by atoms with Crippen LogP contribution in [0.5, 0.6) is 5.75 Å². The molecule has 1 atom stereocenters. The van der Waals surface area contributed by atoms with Gasteiger partial charge < -0.3 is 14.9 Å². The Morgan fingerprint density at radius 3 is 2.76 bits per heavy atom. The summed E-state index contributed by atoms with van der Waals surface area (Å²) in [5.74, 6) is 0.278. The molecule has 0 aliphatic rings. The second-order valence-electron chi connectivity index (χ2n) is 3.69. The van der Waals surface area contributed by atoms with E-state index in [4.69, 9.17) is 4.74 Å². The maximum absolute atomic E-state index is 11.3. The standard InChI is InChI=1S/C11H12N2O4/c1-6-5-9(14)12-7-3-4-8(17-2)11(10(6)7)13(15)16/h3-5,13,15H,1-2H3,(H,12,14). The molecule has 1 unspecified atom stereocenters. The summed E-state index contributed by atoms with van der Waals surface area (Å²) in [7, 11) is 1.41. The van der Waals surface area contributed by atoms with Crippen LogP contribution in [0.15, 0.2) is 23.0 Å². The molecule has 2 rings (SSSR count). The van der Waals surface area contributed by atoms with Gasteiger partial charge in [-0.1, -0.05) is 0 Å². The van der Waals surface area contributed by atoms with Crippen molar-refractivity contribution < 1.29 is 15.2 Å². The van der Waals surface area contributed by atoms with E-state index in [1.165, 1.54) is 19.2 Å². The van der Waals surface area contributed by atoms with Gasteiger partial charge in [0, 0.05) is 6.07 Å². The van der Waals surface area contributed by atoms with Crippen LogP contribution in [0.4, 0.5) is 5.69 Å². The smallest absolute Gasteiger partial charge is 0.248 e. The first-order valence-corrected chi connectivity index (χ1v) is 4.98. The zero-order chi connectivity index (χ0) is 12.6. The fraction of sp³-hybridized carbons (Fsp3) is 0.182. The van der Waals surface area contributed by atoms with E-state index in [1.807, 2.05) is 0 Å². The lowest BCUT2D eigenvalue weighted by atomic mass is 10.1. The highest BCUT2D eigenvalue weighted by Gasteiger charge is 2.17. The molecule has 0 spiro atoms. The number of methoxy groups -OCH3 is 1. The molecule has 1 aromatic heterocycles. The van der Waals surface area contributed by atoms with Crippen molar-refractivity contribution >= 4 is 16.6 Å². The van der Waals surface area contributed by atoms with E-state index in [9.17, 15) is 15.2 Å². The molecule has 0 amide bonds. The average Bonchev–Trinajstić information content (AvgIpc) is 2.27. The number of hydrogen-bond donors (Lipinski definition) is 3. The normalized spacial score (nSPS) is 12.7. The minimum Gasteiger partial charge on any atom is -0.595 e. The summed E-state index contributed by atoms with van der Waals surface area (Å²) in [5, 5.41) is 19.9. The lowest BCUT2D eigenvalue weighted by Crippen LogP contribution is -2.99. The van der Waals surface area contributed by atoms with Gasteiger partial charge in [0.2, 0.25) is 11.2 Å². The number of quaternary nitrogens is 1. The number of pyridine rings is 1.